The van der Waals surface area contributed by atoms with Crippen LogP contribution < -0.4 is 0 Å². The second-order valence-electron chi connectivity index (χ2n) is 6.25. The van der Waals surface area contributed by atoms with Crippen LogP contribution >= 0.6 is 11.3 Å². The van der Waals surface area contributed by atoms with E-state index in [1.807, 2.05) is 23.6 Å². The first-order valence-electron chi connectivity index (χ1n) is 8.27. The molecule has 26 heavy (non-hydrogen) atoms. The number of rotatable bonds is 4. The van der Waals surface area contributed by atoms with Crippen molar-refractivity contribution in [2.45, 2.75) is 30.0 Å². The van der Waals surface area contributed by atoms with Gasteiger partial charge in [0.25, 0.3) is 0 Å². The maximum absolute atomic E-state index is 13.3. The van der Waals surface area contributed by atoms with E-state index in [-0.39, 0.29) is 11.4 Å². The molecule has 3 aromatic rings. The van der Waals surface area contributed by atoms with Gasteiger partial charge in [-0.05, 0) is 29.1 Å². The van der Waals surface area contributed by atoms with Gasteiger partial charge in [-0.1, -0.05) is 30.3 Å². The molecule has 3 heterocycles. The van der Waals surface area contributed by atoms with Gasteiger partial charge in [-0.3, -0.25) is 4.98 Å². The van der Waals surface area contributed by atoms with Gasteiger partial charge in [-0.25, -0.2) is 8.42 Å². The molecular weight excluding hydrogens is 368 g/mol. The number of nitrogens with zero attached hydrogens (tertiary/aromatic N) is 2. The highest BCUT2D eigenvalue weighted by Crippen LogP contribution is 2.39. The van der Waals surface area contributed by atoms with E-state index in [0.717, 1.165) is 10.4 Å². The number of aliphatic hydroxyl groups excluding tert-OH is 1. The summed E-state index contributed by atoms with van der Waals surface area (Å²) in [6.45, 7) is 0.178. The Bertz CT molecular complexity index is 989. The van der Waals surface area contributed by atoms with Gasteiger partial charge in [0, 0.05) is 35.8 Å². The summed E-state index contributed by atoms with van der Waals surface area (Å²) < 4.78 is 28.0. The standard InChI is InChI=1S/C19H18N2O3S2/c22-19-16-7-1-2-8-18(16)26(23,24)21(13-14-5-3-9-20-12-14)17(19)11-15-6-4-10-25-15/h1-10,12,17,19,22H,11,13H2/t17-,19-/m0/s1. The van der Waals surface area contributed by atoms with Crippen LogP contribution in [0.1, 0.15) is 22.1 Å². The summed E-state index contributed by atoms with van der Waals surface area (Å²) in [7, 11) is -3.72. The number of aromatic nitrogens is 1. The molecule has 0 saturated heterocycles. The van der Waals surface area contributed by atoms with Crippen LogP contribution in [-0.2, 0) is 23.0 Å². The number of fused-ring (bicyclic) bond motifs is 1. The lowest BCUT2D eigenvalue weighted by molar-refractivity contribution is 0.0773. The van der Waals surface area contributed by atoms with Crippen molar-refractivity contribution in [2.24, 2.45) is 0 Å². The van der Waals surface area contributed by atoms with Gasteiger partial charge in [0.2, 0.25) is 10.0 Å². The Morgan fingerprint density at radius 3 is 2.69 bits per heavy atom. The van der Waals surface area contributed by atoms with Gasteiger partial charge in [0.05, 0.1) is 17.0 Å². The molecule has 0 spiro atoms. The van der Waals surface area contributed by atoms with Crippen molar-refractivity contribution in [1.82, 2.24) is 9.29 Å². The van der Waals surface area contributed by atoms with Crippen molar-refractivity contribution in [2.75, 3.05) is 0 Å². The number of pyridine rings is 1. The lowest BCUT2D eigenvalue weighted by Crippen LogP contribution is -2.48. The highest BCUT2D eigenvalue weighted by molar-refractivity contribution is 7.89. The van der Waals surface area contributed by atoms with E-state index in [0.29, 0.717) is 12.0 Å². The summed E-state index contributed by atoms with van der Waals surface area (Å²) in [5.41, 5.74) is 1.26. The van der Waals surface area contributed by atoms with Crippen LogP contribution in [0.15, 0.2) is 71.2 Å². The molecule has 1 N–H and O–H groups in total. The van der Waals surface area contributed by atoms with Crippen LogP contribution in [0.2, 0.25) is 0 Å². The number of thiophene rings is 1. The van der Waals surface area contributed by atoms with Crippen LogP contribution in [0, 0.1) is 0 Å². The number of aliphatic hydroxyl groups is 1. The zero-order valence-corrected chi connectivity index (χ0v) is 15.5. The molecule has 4 rings (SSSR count). The number of benzene rings is 1. The summed E-state index contributed by atoms with van der Waals surface area (Å²) in [6.07, 6.45) is 2.90. The van der Waals surface area contributed by atoms with Gasteiger partial charge in [0.1, 0.15) is 0 Å². The van der Waals surface area contributed by atoms with Crippen molar-refractivity contribution in [1.29, 1.82) is 0 Å². The Morgan fingerprint density at radius 2 is 1.96 bits per heavy atom. The molecule has 0 saturated carbocycles. The van der Waals surface area contributed by atoms with Gasteiger partial charge >= 0.3 is 0 Å². The molecule has 5 nitrogen and oxygen atoms in total. The second-order valence-corrected chi connectivity index (χ2v) is 9.14. The summed E-state index contributed by atoms with van der Waals surface area (Å²) >= 11 is 1.56. The zero-order chi connectivity index (χ0) is 18.1. The van der Waals surface area contributed by atoms with E-state index < -0.39 is 22.2 Å². The molecule has 2 aromatic heterocycles. The third-order valence-corrected chi connectivity index (χ3v) is 7.45. The molecule has 0 bridgehead atoms. The quantitative estimate of drug-likeness (QED) is 0.748. The predicted molar refractivity (Wildman–Crippen MR) is 100 cm³/mol. The summed E-state index contributed by atoms with van der Waals surface area (Å²) in [6, 6.07) is 13.7. The average molecular weight is 386 g/mol. The fourth-order valence-corrected chi connectivity index (χ4v) is 5.96. The maximum atomic E-state index is 13.3. The smallest absolute Gasteiger partial charge is 0.244 e. The van der Waals surface area contributed by atoms with Crippen molar-refractivity contribution in [3.63, 3.8) is 0 Å². The maximum Gasteiger partial charge on any atom is 0.244 e. The molecule has 2 atom stereocenters. The number of sulfonamides is 1. The van der Waals surface area contributed by atoms with Crippen LogP contribution in [0.4, 0.5) is 0 Å². The minimum Gasteiger partial charge on any atom is -0.387 e. The highest BCUT2D eigenvalue weighted by atomic mass is 32.2. The lowest BCUT2D eigenvalue weighted by atomic mass is 9.98. The Balaban J connectivity index is 1.80. The number of hydrogen-bond acceptors (Lipinski definition) is 5. The predicted octanol–water partition coefficient (Wildman–Crippen LogP) is 2.99. The lowest BCUT2D eigenvalue weighted by Gasteiger charge is -2.39. The number of hydrogen-bond donors (Lipinski definition) is 1. The monoisotopic (exact) mass is 386 g/mol. The normalized spacial score (nSPS) is 22.0. The minimum absolute atomic E-state index is 0.178. The Labute approximate surface area is 156 Å². The van der Waals surface area contributed by atoms with Crippen LogP contribution in [0.25, 0.3) is 0 Å². The fraction of sp³-hybridized carbons (Fsp3) is 0.211. The first-order valence-corrected chi connectivity index (χ1v) is 10.6. The molecule has 0 unspecified atom stereocenters. The Morgan fingerprint density at radius 1 is 1.12 bits per heavy atom. The minimum atomic E-state index is -3.72. The van der Waals surface area contributed by atoms with E-state index in [1.54, 1.807) is 54.1 Å². The second kappa shape index (κ2) is 6.92. The molecule has 0 fully saturated rings. The Hall–Kier alpha value is -2.06. The summed E-state index contributed by atoms with van der Waals surface area (Å²) in [4.78, 5) is 5.30. The third-order valence-electron chi connectivity index (χ3n) is 4.61. The first-order chi connectivity index (χ1) is 12.6. The molecule has 1 aliphatic heterocycles. The van der Waals surface area contributed by atoms with Gasteiger partial charge < -0.3 is 5.11 Å². The first kappa shape index (κ1) is 17.4. The largest absolute Gasteiger partial charge is 0.387 e. The zero-order valence-electron chi connectivity index (χ0n) is 13.9. The Kier molecular flexibility index (Phi) is 4.62. The molecule has 0 radical (unpaired) electrons. The summed E-state index contributed by atoms with van der Waals surface area (Å²) in [5.74, 6) is 0. The highest BCUT2D eigenvalue weighted by Gasteiger charge is 2.43. The van der Waals surface area contributed by atoms with Gasteiger partial charge in [0.15, 0.2) is 0 Å². The van der Waals surface area contributed by atoms with E-state index in [9.17, 15) is 13.5 Å². The molecular formula is C19H18N2O3S2. The van der Waals surface area contributed by atoms with E-state index in [1.165, 1.54) is 4.31 Å². The SMILES string of the molecule is O=S1(=O)c2ccccc2[C@H](O)[C@H](Cc2cccs2)N1Cc1cccnc1. The van der Waals surface area contributed by atoms with Crippen molar-refractivity contribution >= 4 is 21.4 Å². The van der Waals surface area contributed by atoms with Gasteiger partial charge in [-0.15, -0.1) is 11.3 Å². The fourth-order valence-electron chi connectivity index (χ4n) is 3.35. The molecule has 1 aromatic carbocycles. The van der Waals surface area contributed by atoms with E-state index in [2.05, 4.69) is 4.98 Å². The topological polar surface area (TPSA) is 70.5 Å². The van der Waals surface area contributed by atoms with Crippen molar-refractivity contribution in [3.05, 3.63) is 82.3 Å². The molecule has 1 aliphatic rings. The van der Waals surface area contributed by atoms with Crippen molar-refractivity contribution < 1.29 is 13.5 Å². The molecule has 134 valence electrons. The van der Waals surface area contributed by atoms with Crippen LogP contribution in [-0.4, -0.2) is 28.9 Å². The van der Waals surface area contributed by atoms with Crippen LogP contribution in [0.5, 0.6) is 0 Å². The average Bonchev–Trinajstić information content (AvgIpc) is 3.17. The summed E-state index contributed by atoms with van der Waals surface area (Å²) in [5, 5.41) is 12.9. The van der Waals surface area contributed by atoms with Crippen molar-refractivity contribution in [3.8, 4) is 0 Å². The van der Waals surface area contributed by atoms with E-state index in [4.69, 9.17) is 0 Å². The third kappa shape index (κ3) is 3.07. The van der Waals surface area contributed by atoms with Crippen LogP contribution in [0.3, 0.4) is 0 Å². The molecule has 0 aliphatic carbocycles. The molecule has 0 amide bonds. The van der Waals surface area contributed by atoms with Gasteiger partial charge in [-0.2, -0.15) is 4.31 Å². The molecule has 7 heteroatoms. The van der Waals surface area contributed by atoms with E-state index >= 15 is 0 Å².